The number of aromatic amines is 1. The van der Waals surface area contributed by atoms with Gasteiger partial charge in [-0.2, -0.15) is 0 Å². The smallest absolute Gasteiger partial charge is 0.268 e. The number of H-pyrrole nitrogens is 1. The van der Waals surface area contributed by atoms with Crippen molar-refractivity contribution in [2.75, 3.05) is 5.75 Å². The van der Waals surface area contributed by atoms with Crippen LogP contribution in [0.3, 0.4) is 0 Å². The van der Waals surface area contributed by atoms with Crippen LogP contribution in [0.15, 0.2) is 34.0 Å². The van der Waals surface area contributed by atoms with Crippen molar-refractivity contribution in [2.45, 2.75) is 24.7 Å². The van der Waals surface area contributed by atoms with Gasteiger partial charge in [0.15, 0.2) is 0 Å². The molecule has 0 fully saturated rings. The second-order valence-electron chi connectivity index (χ2n) is 4.08. The van der Waals surface area contributed by atoms with E-state index < -0.39 is 16.4 Å². The lowest BCUT2D eigenvalue weighted by Gasteiger charge is -2.06. The summed E-state index contributed by atoms with van der Waals surface area (Å²) in [5.74, 6) is 0.231. The molecule has 18 heavy (non-hydrogen) atoms. The molecule has 0 aliphatic heterocycles. The Morgan fingerprint density at radius 3 is 2.78 bits per heavy atom. The maximum absolute atomic E-state index is 12.0. The van der Waals surface area contributed by atoms with Gasteiger partial charge in [0.05, 0.1) is 16.3 Å². The number of para-hydroxylation sites is 1. The first-order chi connectivity index (χ1) is 8.65. The van der Waals surface area contributed by atoms with Crippen LogP contribution in [0, 0.1) is 0 Å². The quantitative estimate of drug-likeness (QED) is 0.889. The van der Waals surface area contributed by atoms with Crippen molar-refractivity contribution < 1.29 is 9.32 Å². The lowest BCUT2D eigenvalue weighted by Crippen LogP contribution is -2.15. The number of unbranched alkanes of at least 4 members (excludes halogenated alkanes) is 1. The van der Waals surface area contributed by atoms with Crippen molar-refractivity contribution in [1.29, 1.82) is 0 Å². The molecule has 4 nitrogen and oxygen atoms in total. The van der Waals surface area contributed by atoms with Crippen LogP contribution in [0.5, 0.6) is 5.75 Å². The fraction of sp³-hybridized carbons (Fsp3) is 0.308. The zero-order chi connectivity index (χ0) is 13.1. The fourth-order valence-electron chi connectivity index (χ4n) is 1.80. The van der Waals surface area contributed by atoms with E-state index in [0.717, 1.165) is 12.8 Å². The third-order valence-electron chi connectivity index (χ3n) is 2.76. The first-order valence-corrected chi connectivity index (χ1v) is 7.19. The molecule has 1 heterocycles. The maximum atomic E-state index is 12.0. The van der Waals surface area contributed by atoms with E-state index in [-0.39, 0.29) is 10.6 Å². The van der Waals surface area contributed by atoms with Crippen molar-refractivity contribution in [3.8, 4) is 5.75 Å². The van der Waals surface area contributed by atoms with Gasteiger partial charge in [0, 0.05) is 11.1 Å². The zero-order valence-corrected chi connectivity index (χ0v) is 10.9. The summed E-state index contributed by atoms with van der Waals surface area (Å²) in [5, 5.41) is 10.6. The van der Waals surface area contributed by atoms with Crippen LogP contribution in [0.1, 0.15) is 19.8 Å². The number of rotatable bonds is 4. The average molecular weight is 265 g/mol. The molecular formula is C13H15NO3S. The van der Waals surface area contributed by atoms with E-state index in [0.29, 0.717) is 16.7 Å². The number of fused-ring (bicyclic) bond motifs is 1. The third-order valence-corrected chi connectivity index (χ3v) is 4.26. The van der Waals surface area contributed by atoms with E-state index in [1.54, 1.807) is 24.3 Å². The summed E-state index contributed by atoms with van der Waals surface area (Å²) in [6.45, 7) is 1.99. The van der Waals surface area contributed by atoms with E-state index in [4.69, 9.17) is 0 Å². The highest BCUT2D eigenvalue weighted by Crippen LogP contribution is 2.26. The zero-order valence-electron chi connectivity index (χ0n) is 10.1. The summed E-state index contributed by atoms with van der Waals surface area (Å²) < 4.78 is 12.0. The van der Waals surface area contributed by atoms with E-state index in [1.165, 1.54) is 0 Å². The van der Waals surface area contributed by atoms with Crippen molar-refractivity contribution in [3.63, 3.8) is 0 Å². The third kappa shape index (κ3) is 2.31. The second kappa shape index (κ2) is 5.35. The van der Waals surface area contributed by atoms with Gasteiger partial charge in [0.1, 0.15) is 10.6 Å². The number of pyridine rings is 1. The Morgan fingerprint density at radius 1 is 1.33 bits per heavy atom. The van der Waals surface area contributed by atoms with Crippen molar-refractivity contribution in [2.24, 2.45) is 0 Å². The lowest BCUT2D eigenvalue weighted by molar-refractivity contribution is 0.465. The molecule has 2 N–H and O–H groups in total. The number of aromatic nitrogens is 1. The molecular weight excluding hydrogens is 250 g/mol. The predicted molar refractivity (Wildman–Crippen MR) is 72.4 cm³/mol. The highest BCUT2D eigenvalue weighted by atomic mass is 32.2. The maximum Gasteiger partial charge on any atom is 0.268 e. The summed E-state index contributed by atoms with van der Waals surface area (Å²) in [7, 11) is -1.46. The minimum absolute atomic E-state index is 0.0119. The Bertz CT molecular complexity index is 648. The summed E-state index contributed by atoms with van der Waals surface area (Å²) >= 11 is 0. The first kappa shape index (κ1) is 12.8. The van der Waals surface area contributed by atoms with Gasteiger partial charge in [-0.15, -0.1) is 0 Å². The van der Waals surface area contributed by atoms with Gasteiger partial charge >= 0.3 is 0 Å². The molecule has 0 saturated carbocycles. The number of benzene rings is 1. The van der Waals surface area contributed by atoms with Crippen LogP contribution in [-0.2, 0) is 10.8 Å². The second-order valence-corrected chi connectivity index (χ2v) is 5.59. The molecule has 2 rings (SSSR count). The number of aromatic hydroxyl groups is 1. The van der Waals surface area contributed by atoms with Gasteiger partial charge in [-0.3, -0.25) is 9.00 Å². The molecule has 1 aromatic carbocycles. The van der Waals surface area contributed by atoms with Gasteiger partial charge in [-0.25, -0.2) is 0 Å². The van der Waals surface area contributed by atoms with Crippen LogP contribution in [0.4, 0.5) is 0 Å². The molecule has 0 radical (unpaired) electrons. The van der Waals surface area contributed by atoms with Gasteiger partial charge in [0.25, 0.3) is 5.56 Å². The minimum atomic E-state index is -1.46. The Balaban J connectivity index is 2.57. The summed E-state index contributed by atoms with van der Waals surface area (Å²) in [4.78, 5) is 14.5. The molecule has 5 heteroatoms. The van der Waals surface area contributed by atoms with Crippen molar-refractivity contribution in [1.82, 2.24) is 4.98 Å². The topological polar surface area (TPSA) is 70.2 Å². The predicted octanol–water partition coefficient (Wildman–Crippen LogP) is 2.14. The molecule has 0 aliphatic carbocycles. The first-order valence-electron chi connectivity index (χ1n) is 5.87. The van der Waals surface area contributed by atoms with Crippen molar-refractivity contribution in [3.05, 3.63) is 34.6 Å². The molecule has 1 aromatic heterocycles. The summed E-state index contributed by atoms with van der Waals surface area (Å²) in [6.07, 6.45) is 1.66. The molecule has 0 amide bonds. The number of nitrogens with one attached hydrogen (secondary N) is 1. The van der Waals surface area contributed by atoms with Crippen LogP contribution in [0.25, 0.3) is 10.9 Å². The van der Waals surface area contributed by atoms with Gasteiger partial charge in [0.2, 0.25) is 0 Å². The van der Waals surface area contributed by atoms with Crippen LogP contribution < -0.4 is 5.56 Å². The van der Waals surface area contributed by atoms with Crippen LogP contribution >= 0.6 is 0 Å². The number of hydrogen-bond donors (Lipinski definition) is 2. The molecule has 1 unspecified atom stereocenters. The fourth-order valence-corrected chi connectivity index (χ4v) is 3.13. The van der Waals surface area contributed by atoms with Gasteiger partial charge in [-0.1, -0.05) is 25.5 Å². The Hall–Kier alpha value is -1.62. The normalized spacial score (nSPS) is 12.7. The Labute approximate surface area is 107 Å². The van der Waals surface area contributed by atoms with E-state index >= 15 is 0 Å². The lowest BCUT2D eigenvalue weighted by atomic mass is 10.2. The Kier molecular flexibility index (Phi) is 3.81. The molecule has 1 atom stereocenters. The van der Waals surface area contributed by atoms with Crippen LogP contribution in [0.2, 0.25) is 0 Å². The van der Waals surface area contributed by atoms with Gasteiger partial charge in [-0.05, 0) is 18.6 Å². The van der Waals surface area contributed by atoms with Crippen LogP contribution in [-0.4, -0.2) is 20.1 Å². The number of hydrogen-bond acceptors (Lipinski definition) is 3. The largest absolute Gasteiger partial charge is 0.506 e. The molecule has 0 bridgehead atoms. The van der Waals surface area contributed by atoms with Crippen molar-refractivity contribution >= 4 is 21.7 Å². The molecule has 96 valence electrons. The highest BCUT2D eigenvalue weighted by molar-refractivity contribution is 7.85. The average Bonchev–Trinajstić information content (AvgIpc) is 2.36. The Morgan fingerprint density at radius 2 is 2.06 bits per heavy atom. The highest BCUT2D eigenvalue weighted by Gasteiger charge is 2.17. The summed E-state index contributed by atoms with van der Waals surface area (Å²) in [5.41, 5.74) is 0.0804. The molecule has 2 aromatic rings. The molecule has 0 saturated heterocycles. The van der Waals surface area contributed by atoms with E-state index in [9.17, 15) is 14.1 Å². The summed E-state index contributed by atoms with van der Waals surface area (Å²) in [6, 6.07) is 6.93. The van der Waals surface area contributed by atoms with E-state index in [1.807, 2.05) is 6.92 Å². The molecule has 0 spiro atoms. The SMILES string of the molecule is CCCCS(=O)c1c(O)c2ccccc2[nH]c1=O. The van der Waals surface area contributed by atoms with E-state index in [2.05, 4.69) is 4.98 Å². The standard InChI is InChI=1S/C13H15NO3S/c1-2-3-8-18(17)12-11(15)9-6-4-5-7-10(9)14-13(12)16/h4-7H,2-3,8H2,1H3,(H2,14,15,16). The minimum Gasteiger partial charge on any atom is -0.506 e. The molecule has 0 aliphatic rings. The monoisotopic (exact) mass is 265 g/mol. The van der Waals surface area contributed by atoms with Gasteiger partial charge < -0.3 is 10.1 Å².